The zero-order valence-corrected chi connectivity index (χ0v) is 9.75. The molecule has 0 bridgehead atoms. The Bertz CT molecular complexity index is 440. The number of hydrogen-bond donors (Lipinski definition) is 1. The van der Waals surface area contributed by atoms with Gasteiger partial charge in [0.05, 0.1) is 18.2 Å². The van der Waals surface area contributed by atoms with Gasteiger partial charge in [0.25, 0.3) is 0 Å². The fourth-order valence-corrected chi connectivity index (χ4v) is 1.48. The number of nitrogens with zero attached hydrogens (tertiary/aromatic N) is 2. The first-order chi connectivity index (χ1) is 8.10. The molecule has 0 saturated carbocycles. The van der Waals surface area contributed by atoms with Crippen LogP contribution in [0.3, 0.4) is 0 Å². The summed E-state index contributed by atoms with van der Waals surface area (Å²) in [6, 6.07) is 8.04. The van der Waals surface area contributed by atoms with Crippen LogP contribution < -0.4 is 4.90 Å². The number of carbonyl (C=O) groups is 1. The number of methoxy groups -OCH3 is 1. The Morgan fingerprint density at radius 2 is 2.35 bits per heavy atom. The molecule has 1 aromatic carbocycles. The molecule has 0 amide bonds. The zero-order valence-electron chi connectivity index (χ0n) is 9.75. The molecule has 0 aliphatic rings. The fourth-order valence-electron chi connectivity index (χ4n) is 1.48. The topological polar surface area (TPSA) is 73.6 Å². The quantitative estimate of drug-likeness (QED) is 0.825. The van der Waals surface area contributed by atoms with Crippen molar-refractivity contribution in [3.8, 4) is 6.07 Å². The number of carboxylic acids is 1. The number of benzene rings is 1. The van der Waals surface area contributed by atoms with Crippen molar-refractivity contribution in [1.82, 2.24) is 0 Å². The summed E-state index contributed by atoms with van der Waals surface area (Å²) in [4.78, 5) is 12.6. The van der Waals surface area contributed by atoms with Crippen LogP contribution in [0.2, 0.25) is 0 Å². The maximum absolute atomic E-state index is 11.1. The van der Waals surface area contributed by atoms with Crippen LogP contribution in [0.15, 0.2) is 24.3 Å². The normalized spacial score (nSPS) is 11.6. The molecule has 1 aromatic rings. The second kappa shape index (κ2) is 5.87. The van der Waals surface area contributed by atoms with Gasteiger partial charge >= 0.3 is 5.97 Å². The van der Waals surface area contributed by atoms with Crippen molar-refractivity contribution < 1.29 is 14.6 Å². The first kappa shape index (κ1) is 13.0. The minimum Gasteiger partial charge on any atom is -0.480 e. The Morgan fingerprint density at radius 3 is 2.88 bits per heavy atom. The van der Waals surface area contributed by atoms with Gasteiger partial charge in [-0.1, -0.05) is 6.07 Å². The van der Waals surface area contributed by atoms with Crippen LogP contribution in [0, 0.1) is 11.3 Å². The highest BCUT2D eigenvalue weighted by molar-refractivity contribution is 5.78. The van der Waals surface area contributed by atoms with E-state index in [1.54, 1.807) is 36.2 Å². The van der Waals surface area contributed by atoms with Crippen molar-refractivity contribution in [3.63, 3.8) is 0 Å². The van der Waals surface area contributed by atoms with Crippen LogP contribution in [0.4, 0.5) is 5.69 Å². The molecule has 0 saturated heterocycles. The van der Waals surface area contributed by atoms with Gasteiger partial charge in [0.1, 0.15) is 0 Å². The fraction of sp³-hybridized carbons (Fsp3) is 0.333. The molecule has 0 aliphatic carbocycles. The van der Waals surface area contributed by atoms with E-state index in [4.69, 9.17) is 15.1 Å². The molecule has 1 atom stereocenters. The van der Waals surface area contributed by atoms with E-state index in [0.717, 1.165) is 0 Å². The molecule has 1 rings (SSSR count). The van der Waals surface area contributed by atoms with E-state index in [1.165, 1.54) is 7.11 Å². The lowest BCUT2D eigenvalue weighted by Crippen LogP contribution is -2.42. The van der Waals surface area contributed by atoms with Gasteiger partial charge < -0.3 is 14.7 Å². The summed E-state index contributed by atoms with van der Waals surface area (Å²) in [5, 5.41) is 17.9. The third-order valence-corrected chi connectivity index (χ3v) is 2.46. The van der Waals surface area contributed by atoms with Crippen molar-refractivity contribution in [2.45, 2.75) is 6.04 Å². The van der Waals surface area contributed by atoms with Crippen molar-refractivity contribution in [1.29, 1.82) is 5.26 Å². The molecule has 1 unspecified atom stereocenters. The average Bonchev–Trinajstić information content (AvgIpc) is 2.34. The molecule has 0 spiro atoms. The molecule has 90 valence electrons. The highest BCUT2D eigenvalue weighted by Gasteiger charge is 2.22. The Morgan fingerprint density at radius 1 is 1.65 bits per heavy atom. The Hall–Kier alpha value is -2.06. The Labute approximate surface area is 99.8 Å². The van der Waals surface area contributed by atoms with Crippen molar-refractivity contribution in [2.24, 2.45) is 0 Å². The van der Waals surface area contributed by atoms with Crippen LogP contribution in [-0.4, -0.2) is 37.9 Å². The Balaban J connectivity index is 2.96. The van der Waals surface area contributed by atoms with E-state index >= 15 is 0 Å². The van der Waals surface area contributed by atoms with Gasteiger partial charge in [0, 0.05) is 19.8 Å². The third-order valence-electron chi connectivity index (χ3n) is 2.46. The molecular weight excluding hydrogens is 220 g/mol. The molecule has 5 nitrogen and oxygen atoms in total. The lowest BCUT2D eigenvalue weighted by Gasteiger charge is -2.26. The number of ether oxygens (including phenoxy) is 1. The summed E-state index contributed by atoms with van der Waals surface area (Å²) in [5.74, 6) is -0.961. The molecule has 0 radical (unpaired) electrons. The van der Waals surface area contributed by atoms with Gasteiger partial charge in [0.15, 0.2) is 6.04 Å². The second-order valence-corrected chi connectivity index (χ2v) is 3.58. The predicted molar refractivity (Wildman–Crippen MR) is 62.9 cm³/mol. The SMILES string of the molecule is COCC(C(=O)O)N(C)c1cccc(C#N)c1. The number of aliphatic carboxylic acids is 1. The summed E-state index contributed by atoms with van der Waals surface area (Å²) < 4.78 is 4.88. The van der Waals surface area contributed by atoms with Crippen LogP contribution >= 0.6 is 0 Å². The van der Waals surface area contributed by atoms with E-state index in [9.17, 15) is 4.79 Å². The summed E-state index contributed by atoms with van der Waals surface area (Å²) in [7, 11) is 3.11. The molecular formula is C12H14N2O3. The minimum absolute atomic E-state index is 0.0859. The van der Waals surface area contributed by atoms with Crippen LogP contribution in [0.5, 0.6) is 0 Å². The molecule has 0 heterocycles. The van der Waals surface area contributed by atoms with Crippen molar-refractivity contribution in [3.05, 3.63) is 29.8 Å². The maximum atomic E-state index is 11.1. The van der Waals surface area contributed by atoms with Gasteiger partial charge in [-0.25, -0.2) is 4.79 Å². The molecule has 0 aliphatic heterocycles. The minimum atomic E-state index is -0.961. The number of hydrogen-bond acceptors (Lipinski definition) is 4. The number of nitriles is 1. The number of anilines is 1. The lowest BCUT2D eigenvalue weighted by molar-refractivity contribution is -0.139. The summed E-state index contributed by atoms with van der Waals surface area (Å²) in [6.07, 6.45) is 0. The van der Waals surface area contributed by atoms with Gasteiger partial charge in [-0.15, -0.1) is 0 Å². The van der Waals surface area contributed by atoms with Gasteiger partial charge in [-0.2, -0.15) is 5.26 Å². The predicted octanol–water partition coefficient (Wildman–Crippen LogP) is 1.09. The van der Waals surface area contributed by atoms with Gasteiger partial charge in [0.2, 0.25) is 0 Å². The molecule has 17 heavy (non-hydrogen) atoms. The maximum Gasteiger partial charge on any atom is 0.328 e. The third kappa shape index (κ3) is 3.20. The van der Waals surface area contributed by atoms with E-state index < -0.39 is 12.0 Å². The zero-order chi connectivity index (χ0) is 12.8. The monoisotopic (exact) mass is 234 g/mol. The second-order valence-electron chi connectivity index (χ2n) is 3.58. The smallest absolute Gasteiger partial charge is 0.328 e. The standard InChI is InChI=1S/C12H14N2O3/c1-14(11(8-17-2)12(15)16)10-5-3-4-9(6-10)7-13/h3-6,11H,8H2,1-2H3,(H,15,16). The van der Waals surface area contributed by atoms with E-state index in [0.29, 0.717) is 11.3 Å². The van der Waals surface area contributed by atoms with E-state index in [2.05, 4.69) is 0 Å². The molecule has 0 fully saturated rings. The van der Waals surface area contributed by atoms with Crippen LogP contribution in [-0.2, 0) is 9.53 Å². The molecule has 0 aromatic heterocycles. The van der Waals surface area contributed by atoms with E-state index in [-0.39, 0.29) is 6.61 Å². The number of carboxylic acid groups (broad SMARTS) is 1. The Kier molecular flexibility index (Phi) is 4.49. The van der Waals surface area contributed by atoms with E-state index in [1.807, 2.05) is 6.07 Å². The summed E-state index contributed by atoms with van der Waals surface area (Å²) in [6.45, 7) is 0.0859. The highest BCUT2D eigenvalue weighted by atomic mass is 16.5. The first-order valence-corrected chi connectivity index (χ1v) is 5.05. The summed E-state index contributed by atoms with van der Waals surface area (Å²) >= 11 is 0. The number of rotatable bonds is 5. The average molecular weight is 234 g/mol. The summed E-state index contributed by atoms with van der Waals surface area (Å²) in [5.41, 5.74) is 1.17. The molecule has 1 N–H and O–H groups in total. The van der Waals surface area contributed by atoms with Crippen LogP contribution in [0.25, 0.3) is 0 Å². The first-order valence-electron chi connectivity index (χ1n) is 5.05. The van der Waals surface area contributed by atoms with Gasteiger partial charge in [-0.05, 0) is 18.2 Å². The van der Waals surface area contributed by atoms with Crippen LogP contribution in [0.1, 0.15) is 5.56 Å². The molecule has 5 heteroatoms. The van der Waals surface area contributed by atoms with Crippen molar-refractivity contribution >= 4 is 11.7 Å². The largest absolute Gasteiger partial charge is 0.480 e. The lowest BCUT2D eigenvalue weighted by atomic mass is 10.1. The number of likely N-dealkylation sites (N-methyl/N-ethyl adjacent to an activating group) is 1. The van der Waals surface area contributed by atoms with Gasteiger partial charge in [-0.3, -0.25) is 0 Å². The van der Waals surface area contributed by atoms with Crippen molar-refractivity contribution in [2.75, 3.05) is 25.7 Å². The highest BCUT2D eigenvalue weighted by Crippen LogP contribution is 2.17.